The number of carbonyl (C=O) groups is 1. The molecule has 3 heteroatoms. The average Bonchev–Trinajstić information content (AvgIpc) is 3.11. The second-order valence-corrected chi connectivity index (χ2v) is 12.9. The Morgan fingerprint density at radius 2 is 1.66 bits per heavy atom. The van der Waals surface area contributed by atoms with Gasteiger partial charge in [-0.3, -0.25) is 4.79 Å². The molecule has 0 aromatic heterocycles. The zero-order valence-electron chi connectivity index (χ0n) is 21.5. The number of carbonyl (C=O) groups excluding carboxylic acids is 1. The summed E-state index contributed by atoms with van der Waals surface area (Å²) < 4.78 is 0. The third kappa shape index (κ3) is 3.92. The number of aliphatic hydroxyl groups excluding tert-OH is 2. The normalized spacial score (nSPS) is 49.1. The van der Waals surface area contributed by atoms with Gasteiger partial charge in [0.2, 0.25) is 0 Å². The third-order valence-corrected chi connectivity index (χ3v) is 11.5. The first-order chi connectivity index (χ1) is 15.2. The minimum atomic E-state index is -0.224. The molecular formula is C29H50O3. The Kier molecular flexibility index (Phi) is 7.20. The molecule has 0 amide bonds. The van der Waals surface area contributed by atoms with Gasteiger partial charge in [-0.25, -0.2) is 0 Å². The predicted octanol–water partition coefficient (Wildman–Crippen LogP) is 6.40. The lowest BCUT2D eigenvalue weighted by Crippen LogP contribution is -2.62. The molecule has 0 aromatic rings. The number of fused-ring (bicyclic) bond motifs is 5. The summed E-state index contributed by atoms with van der Waals surface area (Å²) in [6.07, 6.45) is 12.1. The molecule has 2 N–H and O–H groups in total. The van der Waals surface area contributed by atoms with E-state index in [4.69, 9.17) is 0 Å². The van der Waals surface area contributed by atoms with Crippen LogP contribution in [0.4, 0.5) is 0 Å². The highest BCUT2D eigenvalue weighted by Gasteiger charge is 2.64. The molecule has 0 aliphatic heterocycles. The third-order valence-electron chi connectivity index (χ3n) is 11.5. The fraction of sp³-hybridized carbons (Fsp3) is 0.966. The van der Waals surface area contributed by atoms with Crippen molar-refractivity contribution in [3.8, 4) is 0 Å². The number of hydrogen-bond donors (Lipinski definition) is 2. The highest BCUT2D eigenvalue weighted by Crippen LogP contribution is 2.69. The van der Waals surface area contributed by atoms with Crippen LogP contribution in [-0.2, 0) is 4.79 Å². The van der Waals surface area contributed by atoms with Gasteiger partial charge in [-0.1, -0.05) is 47.5 Å². The number of ketones is 1. The van der Waals surface area contributed by atoms with Gasteiger partial charge in [0.1, 0.15) is 5.78 Å². The van der Waals surface area contributed by atoms with Gasteiger partial charge in [-0.2, -0.15) is 0 Å². The molecule has 11 atom stereocenters. The zero-order valence-corrected chi connectivity index (χ0v) is 21.5. The predicted molar refractivity (Wildman–Crippen MR) is 130 cm³/mol. The summed E-state index contributed by atoms with van der Waals surface area (Å²) in [6, 6.07) is 0. The summed E-state index contributed by atoms with van der Waals surface area (Å²) in [5.74, 6) is 3.91. The quantitative estimate of drug-likeness (QED) is 0.476. The number of rotatable bonds is 7. The molecule has 4 aliphatic rings. The molecule has 4 unspecified atom stereocenters. The van der Waals surface area contributed by atoms with Gasteiger partial charge < -0.3 is 10.2 Å². The number of aliphatic hydroxyl groups is 2. The van der Waals surface area contributed by atoms with Crippen molar-refractivity contribution in [3.63, 3.8) is 0 Å². The van der Waals surface area contributed by atoms with E-state index in [1.54, 1.807) is 0 Å². The molecule has 4 fully saturated rings. The molecule has 0 aromatic carbocycles. The molecule has 184 valence electrons. The summed E-state index contributed by atoms with van der Waals surface area (Å²) in [4.78, 5) is 12.6. The second kappa shape index (κ2) is 9.33. The van der Waals surface area contributed by atoms with Crippen molar-refractivity contribution in [2.45, 2.75) is 124 Å². The van der Waals surface area contributed by atoms with Crippen LogP contribution < -0.4 is 0 Å². The molecular weight excluding hydrogens is 396 g/mol. The summed E-state index contributed by atoms with van der Waals surface area (Å²) in [5.41, 5.74) is 0.535. The number of unbranched alkanes of at least 4 members (excludes halogenated alkanes) is 1. The molecule has 0 heterocycles. The fourth-order valence-corrected chi connectivity index (χ4v) is 9.91. The molecule has 4 aliphatic carbocycles. The molecule has 4 rings (SSSR count). The van der Waals surface area contributed by atoms with E-state index in [0.717, 1.165) is 51.4 Å². The topological polar surface area (TPSA) is 57.5 Å². The van der Waals surface area contributed by atoms with Crippen LogP contribution in [0, 0.1) is 52.3 Å². The number of Topliss-reactive ketones (excluding diaryl/α,β-unsaturated/α-hetero) is 1. The van der Waals surface area contributed by atoms with E-state index in [1.165, 1.54) is 25.7 Å². The van der Waals surface area contributed by atoms with Crippen LogP contribution in [0.15, 0.2) is 0 Å². The Hall–Kier alpha value is -0.410. The Balaban J connectivity index is 1.56. The molecule has 4 saturated carbocycles. The van der Waals surface area contributed by atoms with Crippen molar-refractivity contribution >= 4 is 5.78 Å². The van der Waals surface area contributed by atoms with Crippen molar-refractivity contribution in [1.29, 1.82) is 0 Å². The van der Waals surface area contributed by atoms with Gasteiger partial charge in [0.15, 0.2) is 0 Å². The maximum Gasteiger partial charge on any atom is 0.133 e. The Labute approximate surface area is 197 Å². The number of hydrogen-bond acceptors (Lipinski definition) is 3. The van der Waals surface area contributed by atoms with Crippen LogP contribution in [-0.4, -0.2) is 28.2 Å². The highest BCUT2D eigenvalue weighted by atomic mass is 16.3. The zero-order chi connectivity index (χ0) is 23.3. The van der Waals surface area contributed by atoms with Crippen LogP contribution in [0.5, 0.6) is 0 Å². The minimum Gasteiger partial charge on any atom is -0.393 e. The first-order valence-corrected chi connectivity index (χ1v) is 14.0. The van der Waals surface area contributed by atoms with E-state index in [-0.39, 0.29) is 23.0 Å². The summed E-state index contributed by atoms with van der Waals surface area (Å²) in [6.45, 7) is 11.8. The fourth-order valence-electron chi connectivity index (χ4n) is 9.91. The van der Waals surface area contributed by atoms with E-state index in [9.17, 15) is 15.0 Å². The van der Waals surface area contributed by atoms with E-state index in [1.807, 2.05) is 0 Å². The van der Waals surface area contributed by atoms with Crippen LogP contribution in [0.2, 0.25) is 0 Å². The molecule has 32 heavy (non-hydrogen) atoms. The van der Waals surface area contributed by atoms with Gasteiger partial charge in [0, 0.05) is 12.8 Å². The molecule has 0 saturated heterocycles. The van der Waals surface area contributed by atoms with Gasteiger partial charge >= 0.3 is 0 Å². The summed E-state index contributed by atoms with van der Waals surface area (Å²) in [7, 11) is 0. The maximum atomic E-state index is 12.6. The first kappa shape index (κ1) is 24.7. The first-order valence-electron chi connectivity index (χ1n) is 14.0. The largest absolute Gasteiger partial charge is 0.393 e. The highest BCUT2D eigenvalue weighted by molar-refractivity contribution is 5.78. The van der Waals surface area contributed by atoms with E-state index < -0.39 is 0 Å². The molecule has 0 radical (unpaired) electrons. The molecule has 0 bridgehead atoms. The lowest BCUT2D eigenvalue weighted by Gasteiger charge is -2.64. The Morgan fingerprint density at radius 3 is 2.34 bits per heavy atom. The summed E-state index contributed by atoms with van der Waals surface area (Å²) >= 11 is 0. The Morgan fingerprint density at radius 1 is 0.969 bits per heavy atom. The minimum absolute atomic E-state index is 0.179. The van der Waals surface area contributed by atoms with Gasteiger partial charge in [-0.05, 0) is 104 Å². The SMILES string of the molecule is CCCCC(=O)C[C@@H](C)[C@H]1CCC2C3C(O)[C@H](CC)[C@@H]4C[C@H](O)CC[C@]4(C)C3CC[C@@]21C. The summed E-state index contributed by atoms with van der Waals surface area (Å²) in [5, 5.41) is 22.3. The average molecular weight is 447 g/mol. The van der Waals surface area contributed by atoms with Crippen LogP contribution >= 0.6 is 0 Å². The van der Waals surface area contributed by atoms with Gasteiger partial charge in [0.25, 0.3) is 0 Å². The standard InChI is InChI=1S/C29H50O3/c1-6-8-9-19(30)16-18(3)22-10-11-23-26-24(13-15-28(22,23)4)29(5)14-12-20(31)17-25(29)21(7-2)27(26)32/h18,20-27,31-32H,6-17H2,1-5H3/t18-,20-,21-,22-,23?,24?,25+,26?,27?,28-,29-/m1/s1. The van der Waals surface area contributed by atoms with E-state index in [2.05, 4.69) is 34.6 Å². The molecule has 3 nitrogen and oxygen atoms in total. The van der Waals surface area contributed by atoms with Crippen molar-refractivity contribution in [2.24, 2.45) is 52.3 Å². The van der Waals surface area contributed by atoms with Gasteiger partial charge in [0.05, 0.1) is 12.2 Å². The Bertz CT molecular complexity index is 675. The van der Waals surface area contributed by atoms with Crippen LogP contribution in [0.25, 0.3) is 0 Å². The van der Waals surface area contributed by atoms with Crippen LogP contribution in [0.1, 0.15) is 112 Å². The van der Waals surface area contributed by atoms with Crippen molar-refractivity contribution in [2.75, 3.05) is 0 Å². The monoisotopic (exact) mass is 446 g/mol. The van der Waals surface area contributed by atoms with Crippen LogP contribution in [0.3, 0.4) is 0 Å². The van der Waals surface area contributed by atoms with Gasteiger partial charge in [-0.15, -0.1) is 0 Å². The second-order valence-electron chi connectivity index (χ2n) is 12.9. The van der Waals surface area contributed by atoms with E-state index in [0.29, 0.717) is 47.2 Å². The lowest BCUT2D eigenvalue weighted by molar-refractivity contribution is -0.203. The molecule has 0 spiro atoms. The van der Waals surface area contributed by atoms with E-state index >= 15 is 0 Å². The lowest BCUT2D eigenvalue weighted by atomic mass is 9.41. The van der Waals surface area contributed by atoms with Crippen molar-refractivity contribution in [3.05, 3.63) is 0 Å². The van der Waals surface area contributed by atoms with Crippen molar-refractivity contribution < 1.29 is 15.0 Å². The maximum absolute atomic E-state index is 12.6. The van der Waals surface area contributed by atoms with Crippen molar-refractivity contribution in [1.82, 2.24) is 0 Å². The smallest absolute Gasteiger partial charge is 0.133 e.